The van der Waals surface area contributed by atoms with E-state index in [1.54, 1.807) is 7.11 Å². The third-order valence-corrected chi connectivity index (χ3v) is 5.49. The fraction of sp³-hybridized carbons (Fsp3) is 0.409. The van der Waals surface area contributed by atoms with E-state index in [4.69, 9.17) is 9.47 Å². The molecule has 4 rings (SSSR count). The van der Waals surface area contributed by atoms with Crippen molar-refractivity contribution in [3.05, 3.63) is 47.0 Å². The largest absolute Gasteiger partial charge is 0.493 e. The molecule has 0 aromatic heterocycles. The molecule has 1 aliphatic carbocycles. The monoisotopic (exact) mass is 351 g/mol. The van der Waals surface area contributed by atoms with Crippen LogP contribution in [0.1, 0.15) is 43.0 Å². The van der Waals surface area contributed by atoms with Crippen LogP contribution in [0.15, 0.2) is 30.3 Å². The molecule has 2 aromatic rings. The summed E-state index contributed by atoms with van der Waals surface area (Å²) in [7, 11) is 1.64. The van der Waals surface area contributed by atoms with Crippen LogP contribution in [-0.4, -0.2) is 31.1 Å². The van der Waals surface area contributed by atoms with Crippen LogP contribution in [-0.2, 0) is 17.6 Å². The van der Waals surface area contributed by atoms with Crippen LogP contribution in [0, 0.1) is 0 Å². The van der Waals surface area contributed by atoms with Crippen molar-refractivity contribution in [2.45, 2.75) is 39.2 Å². The van der Waals surface area contributed by atoms with Crippen molar-refractivity contribution in [1.82, 2.24) is 4.90 Å². The summed E-state index contributed by atoms with van der Waals surface area (Å²) in [6.07, 6.45) is 3.13. The molecule has 136 valence electrons. The lowest BCUT2D eigenvalue weighted by molar-refractivity contribution is -0.131. The van der Waals surface area contributed by atoms with Crippen LogP contribution in [0.25, 0.3) is 11.1 Å². The van der Waals surface area contributed by atoms with Gasteiger partial charge < -0.3 is 9.47 Å². The van der Waals surface area contributed by atoms with Gasteiger partial charge in [-0.2, -0.15) is 0 Å². The second kappa shape index (κ2) is 6.76. The number of carbonyl (C=O) groups excluding carboxylic acids is 1. The number of hydrogen-bond donors (Lipinski definition) is 0. The second-order valence-corrected chi connectivity index (χ2v) is 7.11. The molecule has 0 radical (unpaired) electrons. The van der Waals surface area contributed by atoms with Gasteiger partial charge in [0.1, 0.15) is 0 Å². The predicted octanol–water partition coefficient (Wildman–Crippen LogP) is 4.15. The van der Waals surface area contributed by atoms with Crippen LogP contribution in [0.3, 0.4) is 0 Å². The number of benzene rings is 2. The first kappa shape index (κ1) is 17.1. The number of rotatable bonds is 4. The van der Waals surface area contributed by atoms with E-state index in [2.05, 4.69) is 42.2 Å². The van der Waals surface area contributed by atoms with Gasteiger partial charge in [0.15, 0.2) is 11.5 Å². The standard InChI is InChI=1S/C22H25NO3/c1-4-10-23-11-9-16-13-19(25-3)22(26-14(2)24)21-17-8-6-5-7-15(17)12-18(23)20(16)21/h5-8,13,18H,4,9-12H2,1-3H3/t18-/m1/s1. The van der Waals surface area contributed by atoms with Crippen LogP contribution in [0.2, 0.25) is 0 Å². The topological polar surface area (TPSA) is 38.8 Å². The minimum atomic E-state index is -0.319. The Balaban J connectivity index is 2.00. The van der Waals surface area contributed by atoms with Gasteiger partial charge in [-0.15, -0.1) is 0 Å². The fourth-order valence-electron chi connectivity index (χ4n) is 4.50. The number of ether oxygens (including phenoxy) is 2. The molecule has 1 atom stereocenters. The Hall–Kier alpha value is -2.33. The fourth-order valence-corrected chi connectivity index (χ4v) is 4.50. The molecule has 0 bridgehead atoms. The van der Waals surface area contributed by atoms with E-state index in [9.17, 15) is 4.79 Å². The van der Waals surface area contributed by atoms with Gasteiger partial charge in [0, 0.05) is 25.1 Å². The molecule has 1 heterocycles. The molecule has 26 heavy (non-hydrogen) atoms. The Bertz CT molecular complexity index is 859. The number of carbonyl (C=O) groups is 1. The third-order valence-electron chi connectivity index (χ3n) is 5.49. The van der Waals surface area contributed by atoms with Gasteiger partial charge in [-0.1, -0.05) is 31.2 Å². The average molecular weight is 351 g/mol. The molecule has 2 aromatic carbocycles. The molecule has 4 nitrogen and oxygen atoms in total. The molecule has 4 heteroatoms. The van der Waals surface area contributed by atoms with Crippen molar-refractivity contribution in [2.75, 3.05) is 20.2 Å². The first-order chi connectivity index (χ1) is 12.6. The highest BCUT2D eigenvalue weighted by atomic mass is 16.6. The van der Waals surface area contributed by atoms with E-state index in [0.717, 1.165) is 43.5 Å². The van der Waals surface area contributed by atoms with Crippen LogP contribution in [0.4, 0.5) is 0 Å². The second-order valence-electron chi connectivity index (χ2n) is 7.11. The number of esters is 1. The molecule has 0 saturated heterocycles. The van der Waals surface area contributed by atoms with E-state index in [1.165, 1.54) is 23.6 Å². The third kappa shape index (κ3) is 2.69. The SMILES string of the molecule is CCCN1CCc2cc(OC)c(OC(C)=O)c3c2[C@H]1Cc1ccccc1-3. The van der Waals surface area contributed by atoms with Gasteiger partial charge in [-0.3, -0.25) is 9.69 Å². The molecule has 1 aliphatic heterocycles. The summed E-state index contributed by atoms with van der Waals surface area (Å²) in [5.74, 6) is 0.892. The number of nitrogens with zero attached hydrogens (tertiary/aromatic N) is 1. The highest BCUT2D eigenvalue weighted by molar-refractivity contribution is 5.86. The zero-order valence-corrected chi connectivity index (χ0v) is 15.7. The molecule has 0 spiro atoms. The number of fused-ring (bicyclic) bond motifs is 2. The molecule has 0 saturated carbocycles. The highest BCUT2D eigenvalue weighted by Gasteiger charge is 2.37. The average Bonchev–Trinajstić information content (AvgIpc) is 2.64. The summed E-state index contributed by atoms with van der Waals surface area (Å²) >= 11 is 0. The summed E-state index contributed by atoms with van der Waals surface area (Å²) in [5, 5.41) is 0. The van der Waals surface area contributed by atoms with Crippen molar-refractivity contribution in [2.24, 2.45) is 0 Å². The van der Waals surface area contributed by atoms with Gasteiger partial charge in [0.25, 0.3) is 0 Å². The maximum Gasteiger partial charge on any atom is 0.308 e. The lowest BCUT2D eigenvalue weighted by Gasteiger charge is -2.42. The summed E-state index contributed by atoms with van der Waals surface area (Å²) in [4.78, 5) is 14.4. The van der Waals surface area contributed by atoms with Crippen LogP contribution >= 0.6 is 0 Å². The molecular formula is C22H25NO3. The van der Waals surface area contributed by atoms with Crippen molar-refractivity contribution >= 4 is 5.97 Å². The molecule has 2 aliphatic rings. The van der Waals surface area contributed by atoms with Gasteiger partial charge in [-0.05, 0) is 54.1 Å². The summed E-state index contributed by atoms with van der Waals surface area (Å²) in [6.45, 7) is 5.82. The molecule has 0 amide bonds. The quantitative estimate of drug-likeness (QED) is 0.613. The molecule has 0 N–H and O–H groups in total. The van der Waals surface area contributed by atoms with Crippen LogP contribution in [0.5, 0.6) is 11.5 Å². The Labute approximate surface area is 154 Å². The van der Waals surface area contributed by atoms with Crippen molar-refractivity contribution in [1.29, 1.82) is 0 Å². The number of hydrogen-bond acceptors (Lipinski definition) is 4. The first-order valence-electron chi connectivity index (χ1n) is 9.38. The van der Waals surface area contributed by atoms with Gasteiger partial charge in [0.2, 0.25) is 0 Å². The summed E-state index contributed by atoms with van der Waals surface area (Å²) in [5.41, 5.74) is 6.15. The maximum atomic E-state index is 11.8. The molecule has 0 unspecified atom stereocenters. The Morgan fingerprint density at radius 2 is 2.08 bits per heavy atom. The Morgan fingerprint density at radius 3 is 2.81 bits per heavy atom. The zero-order valence-electron chi connectivity index (χ0n) is 15.7. The van der Waals surface area contributed by atoms with E-state index < -0.39 is 0 Å². The van der Waals surface area contributed by atoms with E-state index in [-0.39, 0.29) is 5.97 Å². The Morgan fingerprint density at radius 1 is 1.27 bits per heavy atom. The zero-order chi connectivity index (χ0) is 18.3. The number of methoxy groups -OCH3 is 1. The summed E-state index contributed by atoms with van der Waals surface area (Å²) < 4.78 is 11.3. The van der Waals surface area contributed by atoms with Crippen molar-refractivity contribution < 1.29 is 14.3 Å². The lowest BCUT2D eigenvalue weighted by Crippen LogP contribution is -2.39. The minimum Gasteiger partial charge on any atom is -0.493 e. The molecular weight excluding hydrogens is 326 g/mol. The minimum absolute atomic E-state index is 0.319. The van der Waals surface area contributed by atoms with Crippen LogP contribution < -0.4 is 9.47 Å². The smallest absolute Gasteiger partial charge is 0.308 e. The van der Waals surface area contributed by atoms with Gasteiger partial charge in [-0.25, -0.2) is 0 Å². The van der Waals surface area contributed by atoms with E-state index >= 15 is 0 Å². The Kier molecular flexibility index (Phi) is 4.45. The lowest BCUT2D eigenvalue weighted by atomic mass is 9.76. The maximum absolute atomic E-state index is 11.8. The highest BCUT2D eigenvalue weighted by Crippen LogP contribution is 2.52. The van der Waals surface area contributed by atoms with Gasteiger partial charge >= 0.3 is 5.97 Å². The van der Waals surface area contributed by atoms with Crippen molar-refractivity contribution in [3.8, 4) is 22.6 Å². The molecule has 0 fully saturated rings. The van der Waals surface area contributed by atoms with Crippen molar-refractivity contribution in [3.63, 3.8) is 0 Å². The summed E-state index contributed by atoms with van der Waals surface area (Å²) in [6, 6.07) is 10.9. The van der Waals surface area contributed by atoms with E-state index in [1.807, 2.05) is 0 Å². The van der Waals surface area contributed by atoms with Gasteiger partial charge in [0.05, 0.1) is 7.11 Å². The predicted molar refractivity (Wildman–Crippen MR) is 102 cm³/mol. The first-order valence-corrected chi connectivity index (χ1v) is 9.38. The van der Waals surface area contributed by atoms with E-state index in [0.29, 0.717) is 17.5 Å². The normalized spacial score (nSPS) is 18.0.